The molecular weight excluding hydrogens is 314 g/mol. The normalized spacial score (nSPS) is 10.3. The molecule has 23 heavy (non-hydrogen) atoms. The summed E-state index contributed by atoms with van der Waals surface area (Å²) in [6.07, 6.45) is 1.57. The van der Waals surface area contributed by atoms with Gasteiger partial charge in [0, 0.05) is 10.7 Å². The van der Waals surface area contributed by atoms with Crippen LogP contribution in [-0.2, 0) is 0 Å². The molecule has 5 nitrogen and oxygen atoms in total. The second kappa shape index (κ2) is 6.54. The smallest absolute Gasteiger partial charge is 0.326 e. The quantitative estimate of drug-likeness (QED) is 0.715. The van der Waals surface area contributed by atoms with Gasteiger partial charge in [-0.15, -0.1) is 0 Å². The molecule has 1 heterocycles. The van der Waals surface area contributed by atoms with E-state index in [-0.39, 0.29) is 5.88 Å². The Balaban J connectivity index is 1.75. The van der Waals surface area contributed by atoms with Crippen LogP contribution in [0.5, 0.6) is 0 Å². The third kappa shape index (κ3) is 3.70. The highest BCUT2D eigenvalue weighted by molar-refractivity contribution is 6.30. The zero-order chi connectivity index (χ0) is 16.2. The van der Waals surface area contributed by atoms with Gasteiger partial charge in [0.2, 0.25) is 5.88 Å². The summed E-state index contributed by atoms with van der Waals surface area (Å²) in [6, 6.07) is 14.3. The molecule has 2 N–H and O–H groups in total. The monoisotopic (exact) mass is 327 g/mol. The minimum atomic E-state index is -0.433. The summed E-state index contributed by atoms with van der Waals surface area (Å²) < 4.78 is 5.13. The van der Waals surface area contributed by atoms with Crippen molar-refractivity contribution in [2.24, 2.45) is 0 Å². The SMILES string of the molecule is Cc1ccc(-c2cnoc2NC(=O)Nc2cccc(Cl)c2)cc1. The zero-order valence-electron chi connectivity index (χ0n) is 12.3. The van der Waals surface area contributed by atoms with E-state index in [2.05, 4.69) is 15.8 Å². The molecule has 0 radical (unpaired) electrons. The van der Waals surface area contributed by atoms with Gasteiger partial charge in [-0.25, -0.2) is 4.79 Å². The van der Waals surface area contributed by atoms with E-state index in [1.165, 1.54) is 0 Å². The molecule has 0 atom stereocenters. The second-order valence-electron chi connectivity index (χ2n) is 5.02. The fraction of sp³-hybridized carbons (Fsp3) is 0.0588. The summed E-state index contributed by atoms with van der Waals surface area (Å²) in [5.41, 5.74) is 3.37. The molecule has 0 aliphatic carbocycles. The topological polar surface area (TPSA) is 67.2 Å². The van der Waals surface area contributed by atoms with E-state index in [1.807, 2.05) is 31.2 Å². The van der Waals surface area contributed by atoms with Crippen molar-refractivity contribution in [3.63, 3.8) is 0 Å². The minimum absolute atomic E-state index is 0.286. The molecule has 116 valence electrons. The van der Waals surface area contributed by atoms with Crippen molar-refractivity contribution < 1.29 is 9.32 Å². The van der Waals surface area contributed by atoms with Crippen molar-refractivity contribution >= 4 is 29.2 Å². The third-order valence-electron chi connectivity index (χ3n) is 3.24. The maximum Gasteiger partial charge on any atom is 0.326 e. The number of aromatic nitrogens is 1. The lowest BCUT2D eigenvalue weighted by molar-refractivity contribution is 0.261. The highest BCUT2D eigenvalue weighted by Crippen LogP contribution is 2.28. The number of aryl methyl sites for hydroxylation is 1. The summed E-state index contributed by atoms with van der Waals surface area (Å²) in [5, 5.41) is 9.64. The summed E-state index contributed by atoms with van der Waals surface area (Å²) in [6.45, 7) is 2.01. The lowest BCUT2D eigenvalue weighted by atomic mass is 10.1. The minimum Gasteiger partial charge on any atom is -0.338 e. The van der Waals surface area contributed by atoms with E-state index in [0.29, 0.717) is 16.3 Å². The molecule has 0 saturated heterocycles. The van der Waals surface area contributed by atoms with Crippen LogP contribution < -0.4 is 10.6 Å². The van der Waals surface area contributed by atoms with Gasteiger partial charge < -0.3 is 9.84 Å². The molecule has 3 aromatic rings. The summed E-state index contributed by atoms with van der Waals surface area (Å²) in [7, 11) is 0. The van der Waals surface area contributed by atoms with Crippen molar-refractivity contribution in [2.75, 3.05) is 10.6 Å². The number of nitrogens with one attached hydrogen (secondary N) is 2. The first-order chi connectivity index (χ1) is 11.1. The number of urea groups is 1. The predicted molar refractivity (Wildman–Crippen MR) is 90.8 cm³/mol. The molecule has 6 heteroatoms. The van der Waals surface area contributed by atoms with Gasteiger partial charge in [0.05, 0.1) is 11.8 Å². The molecule has 0 fully saturated rings. The Bertz CT molecular complexity index is 828. The Hall–Kier alpha value is -2.79. The number of benzene rings is 2. The average molecular weight is 328 g/mol. The molecule has 0 bridgehead atoms. The third-order valence-corrected chi connectivity index (χ3v) is 3.48. The summed E-state index contributed by atoms with van der Waals surface area (Å²) >= 11 is 5.89. The molecule has 0 saturated carbocycles. The van der Waals surface area contributed by atoms with Gasteiger partial charge >= 0.3 is 6.03 Å². The number of anilines is 2. The lowest BCUT2D eigenvalue weighted by Gasteiger charge is -2.07. The number of halogens is 1. The fourth-order valence-corrected chi connectivity index (χ4v) is 2.29. The molecule has 0 unspecified atom stereocenters. The number of hydrogen-bond acceptors (Lipinski definition) is 3. The first kappa shape index (κ1) is 15.1. The van der Waals surface area contributed by atoms with Crippen LogP contribution in [0, 0.1) is 6.92 Å². The van der Waals surface area contributed by atoms with Crippen LogP contribution >= 0.6 is 11.6 Å². The number of amides is 2. The standard InChI is InChI=1S/C17H14ClN3O2/c1-11-5-7-12(8-6-11)15-10-19-23-16(15)21-17(22)20-14-4-2-3-13(18)9-14/h2-10H,1H3,(H2,20,21,22). The lowest BCUT2D eigenvalue weighted by Crippen LogP contribution is -2.19. The van der Waals surface area contributed by atoms with E-state index in [0.717, 1.165) is 11.1 Å². The Morgan fingerprint density at radius 1 is 1.13 bits per heavy atom. The van der Waals surface area contributed by atoms with E-state index >= 15 is 0 Å². The molecule has 2 amide bonds. The molecule has 1 aromatic heterocycles. The van der Waals surface area contributed by atoms with Gasteiger partial charge in [0.25, 0.3) is 0 Å². The van der Waals surface area contributed by atoms with Gasteiger partial charge in [-0.2, -0.15) is 0 Å². The maximum atomic E-state index is 12.1. The fourth-order valence-electron chi connectivity index (χ4n) is 2.10. The molecule has 2 aromatic carbocycles. The largest absolute Gasteiger partial charge is 0.338 e. The predicted octanol–water partition coefficient (Wildman–Crippen LogP) is 4.95. The van der Waals surface area contributed by atoms with Gasteiger partial charge in [0.1, 0.15) is 0 Å². The average Bonchev–Trinajstić information content (AvgIpc) is 2.96. The first-order valence-corrected chi connectivity index (χ1v) is 7.35. The number of hydrogen-bond donors (Lipinski definition) is 2. The maximum absolute atomic E-state index is 12.1. The molecule has 0 aliphatic heterocycles. The van der Waals surface area contributed by atoms with Gasteiger partial charge in [-0.3, -0.25) is 5.32 Å². The number of rotatable bonds is 3. The van der Waals surface area contributed by atoms with Gasteiger partial charge in [-0.05, 0) is 30.7 Å². The second-order valence-corrected chi connectivity index (χ2v) is 5.46. The summed E-state index contributed by atoms with van der Waals surface area (Å²) in [5.74, 6) is 0.286. The molecule has 0 spiro atoms. The zero-order valence-corrected chi connectivity index (χ0v) is 13.1. The highest BCUT2D eigenvalue weighted by atomic mass is 35.5. The van der Waals surface area contributed by atoms with E-state index in [9.17, 15) is 4.79 Å². The van der Waals surface area contributed by atoms with Gasteiger partial charge in [0.15, 0.2) is 0 Å². The summed E-state index contributed by atoms with van der Waals surface area (Å²) in [4.78, 5) is 12.1. The van der Waals surface area contributed by atoms with E-state index in [1.54, 1.807) is 30.5 Å². The Kier molecular flexibility index (Phi) is 4.30. The van der Waals surface area contributed by atoms with Crippen LogP contribution in [0.1, 0.15) is 5.56 Å². The molecule has 3 rings (SSSR count). The van der Waals surface area contributed by atoms with Gasteiger partial charge in [-0.1, -0.05) is 52.7 Å². The Morgan fingerprint density at radius 2 is 1.91 bits per heavy atom. The van der Waals surface area contributed by atoms with Crippen LogP contribution in [0.15, 0.2) is 59.3 Å². The van der Waals surface area contributed by atoms with E-state index < -0.39 is 6.03 Å². The van der Waals surface area contributed by atoms with Crippen LogP contribution in [0.2, 0.25) is 5.02 Å². The highest BCUT2D eigenvalue weighted by Gasteiger charge is 2.13. The Labute approximate surface area is 138 Å². The first-order valence-electron chi connectivity index (χ1n) is 6.97. The van der Waals surface area contributed by atoms with Crippen LogP contribution in [-0.4, -0.2) is 11.2 Å². The van der Waals surface area contributed by atoms with Crippen molar-refractivity contribution in [3.05, 3.63) is 65.3 Å². The van der Waals surface area contributed by atoms with Crippen molar-refractivity contribution in [3.8, 4) is 11.1 Å². The van der Waals surface area contributed by atoms with Crippen LogP contribution in [0.3, 0.4) is 0 Å². The number of carbonyl (C=O) groups excluding carboxylic acids is 1. The van der Waals surface area contributed by atoms with Crippen LogP contribution in [0.4, 0.5) is 16.4 Å². The Morgan fingerprint density at radius 3 is 2.65 bits per heavy atom. The van der Waals surface area contributed by atoms with Crippen molar-refractivity contribution in [1.82, 2.24) is 5.16 Å². The van der Waals surface area contributed by atoms with Crippen molar-refractivity contribution in [1.29, 1.82) is 0 Å². The molecule has 0 aliphatic rings. The number of carbonyl (C=O) groups is 1. The van der Waals surface area contributed by atoms with Crippen LogP contribution in [0.25, 0.3) is 11.1 Å². The van der Waals surface area contributed by atoms with E-state index in [4.69, 9.17) is 16.1 Å². The molecular formula is C17H14ClN3O2. The number of nitrogens with zero attached hydrogens (tertiary/aromatic N) is 1. The van der Waals surface area contributed by atoms with Crippen molar-refractivity contribution in [2.45, 2.75) is 6.92 Å².